The average Bonchev–Trinajstić information content (AvgIpc) is 1.85. The number of hydrogen-bond donors (Lipinski definition) is 1. The number of nitrogens with zero attached hydrogens (tertiary/aromatic N) is 1. The van der Waals surface area contributed by atoms with Crippen LogP contribution in [-0.2, 0) is 14.4 Å². The molecule has 0 bridgehead atoms. The van der Waals surface area contributed by atoms with Gasteiger partial charge >= 0.3 is 17.8 Å². The summed E-state index contributed by atoms with van der Waals surface area (Å²) in [5.41, 5.74) is 0. The summed E-state index contributed by atoms with van der Waals surface area (Å²) in [5.74, 6) is -4.79. The third kappa shape index (κ3) is 2.11. The summed E-state index contributed by atoms with van der Waals surface area (Å²) in [6, 6.07) is -2.28. The van der Waals surface area contributed by atoms with Gasteiger partial charge in [-0.1, -0.05) is 0 Å². The lowest BCUT2D eigenvalue weighted by molar-refractivity contribution is -0.492. The quantitative estimate of drug-likeness (QED) is 0.250. The largest absolute Gasteiger partial charge is 0.475 e. The number of ketones is 2. The molecule has 12 heavy (non-hydrogen) atoms. The molecule has 0 radical (unpaired) electrons. The Morgan fingerprint density at radius 1 is 1.42 bits per heavy atom. The zero-order chi connectivity index (χ0) is 9.89. The monoisotopic (exact) mass is 175 g/mol. The number of hydrogen-bond acceptors (Lipinski definition) is 5. The van der Waals surface area contributed by atoms with Crippen LogP contribution in [0.4, 0.5) is 0 Å². The summed E-state index contributed by atoms with van der Waals surface area (Å²) in [6.07, 6.45) is 0. The van der Waals surface area contributed by atoms with Crippen LogP contribution < -0.4 is 0 Å². The fraction of sp³-hybridized carbons (Fsp3) is 0.400. The van der Waals surface area contributed by atoms with E-state index in [2.05, 4.69) is 0 Å². The van der Waals surface area contributed by atoms with Crippen LogP contribution in [0.1, 0.15) is 6.92 Å². The normalized spacial score (nSPS) is 11.8. The summed E-state index contributed by atoms with van der Waals surface area (Å²) in [7, 11) is 0. The van der Waals surface area contributed by atoms with E-state index in [1.165, 1.54) is 0 Å². The maximum absolute atomic E-state index is 10.5. The number of Topliss-reactive ketones (excluding diaryl/α,β-unsaturated/α-hetero) is 2. The van der Waals surface area contributed by atoms with E-state index < -0.39 is 28.5 Å². The Morgan fingerprint density at radius 2 is 1.83 bits per heavy atom. The molecule has 0 rings (SSSR count). The van der Waals surface area contributed by atoms with Crippen LogP contribution >= 0.6 is 0 Å². The molecule has 7 heteroatoms. The molecule has 0 aromatic rings. The van der Waals surface area contributed by atoms with E-state index in [0.717, 1.165) is 6.92 Å². The van der Waals surface area contributed by atoms with Crippen LogP contribution in [0.5, 0.6) is 0 Å². The number of carbonyl (C=O) groups excluding carboxylic acids is 2. The van der Waals surface area contributed by atoms with Gasteiger partial charge in [0.25, 0.3) is 0 Å². The maximum atomic E-state index is 10.5. The molecule has 66 valence electrons. The predicted molar refractivity (Wildman–Crippen MR) is 34.1 cm³/mol. The molecule has 0 amide bonds. The van der Waals surface area contributed by atoms with Crippen molar-refractivity contribution in [2.24, 2.45) is 0 Å². The number of carboxylic acids is 1. The SMILES string of the molecule is CC(=O)C(C(=O)C(=O)O)[N+](=O)[O-]. The van der Waals surface area contributed by atoms with Crippen molar-refractivity contribution in [3.05, 3.63) is 10.1 Å². The van der Waals surface area contributed by atoms with Crippen LogP contribution in [-0.4, -0.2) is 33.6 Å². The smallest absolute Gasteiger partial charge is 0.380 e. The molecular weight excluding hydrogens is 170 g/mol. The molecule has 0 aliphatic carbocycles. The molecule has 0 fully saturated rings. The Morgan fingerprint density at radius 3 is 1.92 bits per heavy atom. The summed E-state index contributed by atoms with van der Waals surface area (Å²) < 4.78 is 0. The van der Waals surface area contributed by atoms with Crippen molar-refractivity contribution in [2.75, 3.05) is 0 Å². The van der Waals surface area contributed by atoms with E-state index in [9.17, 15) is 24.5 Å². The van der Waals surface area contributed by atoms with Gasteiger partial charge in [-0.15, -0.1) is 0 Å². The molecule has 1 atom stereocenters. The van der Waals surface area contributed by atoms with E-state index in [0.29, 0.717) is 0 Å². The number of carbonyl (C=O) groups is 3. The highest BCUT2D eigenvalue weighted by Gasteiger charge is 2.39. The minimum Gasteiger partial charge on any atom is -0.475 e. The lowest BCUT2D eigenvalue weighted by Crippen LogP contribution is -2.40. The van der Waals surface area contributed by atoms with Gasteiger partial charge in [-0.25, -0.2) is 4.79 Å². The van der Waals surface area contributed by atoms with Crippen molar-refractivity contribution in [1.29, 1.82) is 0 Å². The van der Waals surface area contributed by atoms with E-state index in [-0.39, 0.29) is 0 Å². The van der Waals surface area contributed by atoms with E-state index in [1.54, 1.807) is 0 Å². The molecule has 0 aromatic heterocycles. The maximum Gasteiger partial charge on any atom is 0.380 e. The molecule has 0 aliphatic rings. The zero-order valence-electron chi connectivity index (χ0n) is 6.01. The first kappa shape index (κ1) is 10.2. The first-order valence-corrected chi connectivity index (χ1v) is 2.79. The second-order valence-electron chi connectivity index (χ2n) is 1.97. The van der Waals surface area contributed by atoms with Gasteiger partial charge in [0.1, 0.15) is 0 Å². The Labute approximate surface area is 66.1 Å². The molecule has 1 unspecified atom stereocenters. The first-order chi connectivity index (χ1) is 5.37. The number of rotatable bonds is 4. The zero-order valence-corrected chi connectivity index (χ0v) is 6.01. The average molecular weight is 175 g/mol. The molecule has 0 aromatic carbocycles. The van der Waals surface area contributed by atoms with Crippen LogP contribution in [0.25, 0.3) is 0 Å². The molecule has 0 aliphatic heterocycles. The Hall–Kier alpha value is -1.79. The lowest BCUT2D eigenvalue weighted by Gasteiger charge is -1.99. The van der Waals surface area contributed by atoms with Crippen LogP contribution in [0.2, 0.25) is 0 Å². The fourth-order valence-electron chi connectivity index (χ4n) is 0.546. The van der Waals surface area contributed by atoms with Gasteiger partial charge in [0.2, 0.25) is 5.78 Å². The van der Waals surface area contributed by atoms with Gasteiger partial charge in [-0.05, 0) is 0 Å². The predicted octanol–water partition coefficient (Wildman–Crippen LogP) is -1.13. The number of carboxylic acid groups (broad SMARTS) is 1. The molecule has 0 spiro atoms. The Bertz CT molecular complexity index is 243. The molecular formula is C5H5NO6. The third-order valence-corrected chi connectivity index (χ3v) is 1.06. The van der Waals surface area contributed by atoms with Gasteiger partial charge < -0.3 is 5.11 Å². The summed E-state index contributed by atoms with van der Waals surface area (Å²) >= 11 is 0. The minimum absolute atomic E-state index is 0.786. The van der Waals surface area contributed by atoms with Crippen molar-refractivity contribution in [3.63, 3.8) is 0 Å². The van der Waals surface area contributed by atoms with Crippen molar-refractivity contribution in [2.45, 2.75) is 13.0 Å². The standard InChI is InChI=1S/C5H5NO6/c1-2(7)3(6(11)12)4(8)5(9)10/h3H,1H3,(H,9,10). The fourth-order valence-corrected chi connectivity index (χ4v) is 0.546. The van der Waals surface area contributed by atoms with Crippen LogP contribution in [0, 0.1) is 10.1 Å². The molecule has 0 saturated carbocycles. The summed E-state index contributed by atoms with van der Waals surface area (Å²) in [5, 5.41) is 18.0. The summed E-state index contributed by atoms with van der Waals surface area (Å²) in [4.78, 5) is 39.6. The van der Waals surface area contributed by atoms with E-state index >= 15 is 0 Å². The Kier molecular flexibility index (Phi) is 3.03. The van der Waals surface area contributed by atoms with Crippen molar-refractivity contribution in [1.82, 2.24) is 0 Å². The highest BCUT2D eigenvalue weighted by Crippen LogP contribution is 1.94. The molecule has 0 saturated heterocycles. The topological polar surface area (TPSA) is 115 Å². The highest BCUT2D eigenvalue weighted by molar-refractivity contribution is 6.38. The van der Waals surface area contributed by atoms with Crippen molar-refractivity contribution in [3.8, 4) is 0 Å². The van der Waals surface area contributed by atoms with E-state index in [4.69, 9.17) is 5.11 Å². The minimum atomic E-state index is -2.28. The van der Waals surface area contributed by atoms with Crippen molar-refractivity contribution >= 4 is 17.5 Å². The van der Waals surface area contributed by atoms with Gasteiger partial charge in [-0.2, -0.15) is 0 Å². The first-order valence-electron chi connectivity index (χ1n) is 2.79. The van der Waals surface area contributed by atoms with E-state index in [1.807, 2.05) is 0 Å². The number of aliphatic carboxylic acids is 1. The van der Waals surface area contributed by atoms with Crippen LogP contribution in [0.3, 0.4) is 0 Å². The third-order valence-electron chi connectivity index (χ3n) is 1.06. The Balaban J connectivity index is 4.76. The lowest BCUT2D eigenvalue weighted by atomic mass is 10.1. The van der Waals surface area contributed by atoms with Gasteiger partial charge in [0.05, 0.1) is 0 Å². The highest BCUT2D eigenvalue weighted by atomic mass is 16.6. The second-order valence-corrected chi connectivity index (χ2v) is 1.97. The summed E-state index contributed by atoms with van der Waals surface area (Å²) in [6.45, 7) is 0.786. The van der Waals surface area contributed by atoms with Gasteiger partial charge in [-0.3, -0.25) is 19.7 Å². The van der Waals surface area contributed by atoms with Gasteiger partial charge in [0, 0.05) is 11.8 Å². The number of nitro groups is 1. The second kappa shape index (κ2) is 3.56. The van der Waals surface area contributed by atoms with Crippen LogP contribution in [0.15, 0.2) is 0 Å². The van der Waals surface area contributed by atoms with Gasteiger partial charge in [0.15, 0.2) is 0 Å². The molecule has 1 N–H and O–H groups in total. The molecule has 0 heterocycles. The van der Waals surface area contributed by atoms with Crippen molar-refractivity contribution < 1.29 is 24.4 Å². The molecule has 7 nitrogen and oxygen atoms in total.